The summed E-state index contributed by atoms with van der Waals surface area (Å²) in [5.41, 5.74) is 7.08. The molecule has 0 fully saturated rings. The van der Waals surface area contributed by atoms with E-state index >= 15 is 0 Å². The molecule has 11 heteroatoms. The van der Waals surface area contributed by atoms with Crippen molar-refractivity contribution in [3.63, 3.8) is 0 Å². The normalized spacial score (nSPS) is 13.7. The smallest absolute Gasteiger partial charge is 0.306 e. The van der Waals surface area contributed by atoms with Crippen LogP contribution in [0.1, 0.15) is 64.5 Å². The van der Waals surface area contributed by atoms with E-state index < -0.39 is 65.6 Å². The number of benzene rings is 1. The molecule has 44 heavy (non-hydrogen) atoms. The predicted molar refractivity (Wildman–Crippen MR) is 163 cm³/mol. The highest BCUT2D eigenvalue weighted by atomic mass is 16.5. The number of pyridine rings is 1. The van der Waals surface area contributed by atoms with E-state index in [9.17, 15) is 28.8 Å². The number of nitrogens with two attached hydrogens (primary N) is 1. The summed E-state index contributed by atoms with van der Waals surface area (Å²) in [4.78, 5) is 80.4. The molecule has 1 unspecified atom stereocenters. The van der Waals surface area contributed by atoms with E-state index in [2.05, 4.69) is 15.6 Å². The fourth-order valence-electron chi connectivity index (χ4n) is 4.65. The first-order chi connectivity index (χ1) is 20.9. The number of rotatable bonds is 19. The Kier molecular flexibility index (Phi) is 14.9. The number of Topliss-reactive ketones (excluding diaryl/α,β-unsaturated/α-hetero) is 2. The Hall–Kier alpha value is -4.41. The molecule has 0 saturated heterocycles. The van der Waals surface area contributed by atoms with Gasteiger partial charge >= 0.3 is 5.97 Å². The highest BCUT2D eigenvalue weighted by Gasteiger charge is 2.34. The number of hydrogen-bond acceptors (Lipinski definition) is 8. The van der Waals surface area contributed by atoms with Crippen molar-refractivity contribution in [1.29, 1.82) is 0 Å². The van der Waals surface area contributed by atoms with Gasteiger partial charge in [0, 0.05) is 30.7 Å². The lowest BCUT2D eigenvalue weighted by Crippen LogP contribution is -2.52. The van der Waals surface area contributed by atoms with E-state index in [0.717, 1.165) is 11.1 Å². The van der Waals surface area contributed by atoms with Crippen LogP contribution in [0.2, 0.25) is 0 Å². The molecule has 1 aromatic heterocycles. The molecule has 0 aliphatic rings. The third kappa shape index (κ3) is 12.4. The highest BCUT2D eigenvalue weighted by molar-refractivity contribution is 6.38. The number of hydrogen-bond donors (Lipinski definition) is 3. The van der Waals surface area contributed by atoms with E-state index in [4.69, 9.17) is 10.5 Å². The Morgan fingerprint density at radius 2 is 1.55 bits per heavy atom. The highest BCUT2D eigenvalue weighted by Crippen LogP contribution is 2.19. The SMILES string of the molecule is CC[C@H](C)C(NC(=O)[C@@H](CC(=O)OCc1ccccc1)CC(C)C)C(=O)C(=O)NCC(=O)C[C@@H](Cc1ccncc1)C(N)=O. The summed E-state index contributed by atoms with van der Waals surface area (Å²) in [5, 5.41) is 5.01. The summed E-state index contributed by atoms with van der Waals surface area (Å²) in [6, 6.07) is 11.4. The van der Waals surface area contributed by atoms with Gasteiger partial charge in [0.05, 0.1) is 19.0 Å². The van der Waals surface area contributed by atoms with Gasteiger partial charge in [0.15, 0.2) is 5.78 Å². The van der Waals surface area contributed by atoms with E-state index in [-0.39, 0.29) is 31.8 Å². The summed E-state index contributed by atoms with van der Waals surface area (Å²) in [6.45, 7) is 6.97. The van der Waals surface area contributed by atoms with Crippen molar-refractivity contribution in [3.8, 4) is 0 Å². The Bertz CT molecular complexity index is 1270. The van der Waals surface area contributed by atoms with Crippen LogP contribution in [0.25, 0.3) is 0 Å². The van der Waals surface area contributed by atoms with Crippen molar-refractivity contribution in [2.45, 2.75) is 72.4 Å². The van der Waals surface area contributed by atoms with Gasteiger partial charge in [0.25, 0.3) is 5.91 Å². The predicted octanol–water partition coefficient (Wildman–Crippen LogP) is 2.70. The first kappa shape index (κ1) is 35.8. The second-order valence-corrected chi connectivity index (χ2v) is 11.5. The number of esters is 1. The minimum atomic E-state index is -1.16. The summed E-state index contributed by atoms with van der Waals surface area (Å²) in [5.74, 6) is -6.03. The van der Waals surface area contributed by atoms with Crippen LogP contribution in [-0.4, -0.2) is 52.8 Å². The van der Waals surface area contributed by atoms with E-state index in [1.165, 1.54) is 0 Å². The third-order valence-electron chi connectivity index (χ3n) is 7.35. The molecule has 0 aliphatic heterocycles. The summed E-state index contributed by atoms with van der Waals surface area (Å²) >= 11 is 0. The zero-order valence-electron chi connectivity index (χ0n) is 25.9. The average Bonchev–Trinajstić information content (AvgIpc) is 3.00. The molecule has 2 rings (SSSR count). The summed E-state index contributed by atoms with van der Waals surface area (Å²) in [7, 11) is 0. The first-order valence-electron chi connectivity index (χ1n) is 14.9. The van der Waals surface area contributed by atoms with Crippen LogP contribution in [-0.2, 0) is 46.5 Å². The second kappa shape index (κ2) is 18.3. The molecule has 3 amide bonds. The van der Waals surface area contributed by atoms with Gasteiger partial charge in [-0.15, -0.1) is 0 Å². The van der Waals surface area contributed by atoms with Crippen molar-refractivity contribution >= 4 is 35.3 Å². The Morgan fingerprint density at radius 3 is 2.14 bits per heavy atom. The van der Waals surface area contributed by atoms with Crippen LogP contribution < -0.4 is 16.4 Å². The molecular weight excluding hydrogens is 564 g/mol. The zero-order valence-corrected chi connectivity index (χ0v) is 25.9. The lowest BCUT2D eigenvalue weighted by atomic mass is 9.90. The number of amides is 3. The number of ketones is 2. The van der Waals surface area contributed by atoms with Gasteiger partial charge in [0.2, 0.25) is 17.6 Å². The molecule has 1 aromatic carbocycles. The van der Waals surface area contributed by atoms with Crippen LogP contribution in [0.15, 0.2) is 54.9 Å². The minimum Gasteiger partial charge on any atom is -0.461 e. The van der Waals surface area contributed by atoms with Crippen LogP contribution in [0.4, 0.5) is 0 Å². The summed E-state index contributed by atoms with van der Waals surface area (Å²) < 4.78 is 5.37. The number of nitrogens with zero attached hydrogens (tertiary/aromatic N) is 1. The molecule has 0 saturated carbocycles. The molecule has 11 nitrogen and oxygen atoms in total. The number of ether oxygens (including phenoxy) is 1. The topological polar surface area (TPSA) is 175 Å². The van der Waals surface area contributed by atoms with Gasteiger partial charge in [-0.05, 0) is 47.9 Å². The van der Waals surface area contributed by atoms with Crippen LogP contribution >= 0.6 is 0 Å². The number of carbonyl (C=O) groups is 6. The van der Waals surface area contributed by atoms with Gasteiger partial charge in [-0.2, -0.15) is 0 Å². The van der Waals surface area contributed by atoms with E-state index in [1.807, 2.05) is 51.1 Å². The number of nitrogens with one attached hydrogen (secondary N) is 2. The maximum atomic E-state index is 13.3. The fraction of sp³-hybridized carbons (Fsp3) is 0.485. The molecule has 238 valence electrons. The number of aromatic nitrogens is 1. The average molecular weight is 609 g/mol. The molecule has 0 spiro atoms. The second-order valence-electron chi connectivity index (χ2n) is 11.5. The van der Waals surface area contributed by atoms with Crippen molar-refractivity contribution in [3.05, 3.63) is 66.0 Å². The quantitative estimate of drug-likeness (QED) is 0.161. The number of carbonyl (C=O) groups excluding carboxylic acids is 6. The van der Waals surface area contributed by atoms with Crippen molar-refractivity contribution in [2.24, 2.45) is 29.4 Å². The standard InChI is InChI=1S/C33H44N4O7/c1-5-22(4)29(37-32(42)26(15-21(2)3)18-28(39)44-20-24-9-7-6-8-10-24)30(40)33(43)36-19-27(38)17-25(31(34)41)16-23-11-13-35-14-12-23/h6-14,21-22,25-26,29H,5,15-20H2,1-4H3,(H2,34,41)(H,36,43)(H,37,42)/t22-,25+,26+,29?/m0/s1. The van der Waals surface area contributed by atoms with Crippen molar-refractivity contribution in [2.75, 3.05) is 6.54 Å². The maximum absolute atomic E-state index is 13.3. The lowest BCUT2D eigenvalue weighted by molar-refractivity contribution is -0.149. The Balaban J connectivity index is 2.00. The van der Waals surface area contributed by atoms with Gasteiger partial charge < -0.3 is 21.1 Å². The van der Waals surface area contributed by atoms with E-state index in [1.54, 1.807) is 31.5 Å². The molecule has 2 aromatic rings. The maximum Gasteiger partial charge on any atom is 0.306 e. The first-order valence-corrected chi connectivity index (χ1v) is 14.9. The lowest BCUT2D eigenvalue weighted by Gasteiger charge is -2.26. The monoisotopic (exact) mass is 608 g/mol. The molecular formula is C33H44N4O7. The Labute approximate surface area is 258 Å². The number of primary amides is 1. The largest absolute Gasteiger partial charge is 0.461 e. The molecule has 0 radical (unpaired) electrons. The molecule has 1 heterocycles. The van der Waals surface area contributed by atoms with Gasteiger partial charge in [0.1, 0.15) is 6.61 Å². The minimum absolute atomic E-state index is 0.0718. The van der Waals surface area contributed by atoms with Crippen LogP contribution in [0.3, 0.4) is 0 Å². The third-order valence-corrected chi connectivity index (χ3v) is 7.35. The molecule has 0 aliphatic carbocycles. The van der Waals surface area contributed by atoms with Gasteiger partial charge in [-0.3, -0.25) is 33.8 Å². The summed E-state index contributed by atoms with van der Waals surface area (Å²) in [6.07, 6.45) is 3.82. The zero-order chi connectivity index (χ0) is 32.6. The molecule has 0 bridgehead atoms. The van der Waals surface area contributed by atoms with Crippen LogP contribution in [0.5, 0.6) is 0 Å². The van der Waals surface area contributed by atoms with Crippen molar-refractivity contribution < 1.29 is 33.5 Å². The Morgan fingerprint density at radius 1 is 0.886 bits per heavy atom. The van der Waals surface area contributed by atoms with Gasteiger partial charge in [-0.1, -0.05) is 64.4 Å². The molecule has 4 N–H and O–H groups in total. The van der Waals surface area contributed by atoms with Crippen molar-refractivity contribution in [1.82, 2.24) is 15.6 Å². The van der Waals surface area contributed by atoms with Gasteiger partial charge in [-0.25, -0.2) is 0 Å². The fourth-order valence-corrected chi connectivity index (χ4v) is 4.65. The van der Waals surface area contributed by atoms with E-state index in [0.29, 0.717) is 12.8 Å². The molecule has 4 atom stereocenters. The van der Waals surface area contributed by atoms with Crippen LogP contribution in [0, 0.1) is 23.7 Å².